The molecule has 10 heteroatoms. The number of nitrogens with one attached hydrogen (secondary N) is 1. The second kappa shape index (κ2) is 6.84. The molecule has 2 aromatic heterocycles. The van der Waals surface area contributed by atoms with Crippen LogP contribution in [0.4, 0.5) is 14.9 Å². The quantitative estimate of drug-likeness (QED) is 0.639. The Morgan fingerprint density at radius 2 is 2.15 bits per heavy atom. The molecule has 1 aromatic carbocycles. The van der Waals surface area contributed by atoms with Gasteiger partial charge in [-0.05, 0) is 30.2 Å². The average Bonchev–Trinajstić information content (AvgIpc) is 3.45. The van der Waals surface area contributed by atoms with Crippen molar-refractivity contribution in [2.75, 3.05) is 18.0 Å². The maximum Gasteiger partial charge on any atom is 0.415 e. The van der Waals surface area contributed by atoms with Crippen LogP contribution in [0.15, 0.2) is 42.9 Å². The molecule has 4 aliphatic rings. The van der Waals surface area contributed by atoms with Crippen molar-refractivity contribution >= 4 is 11.8 Å². The number of fused-ring (bicyclic) bond motifs is 4. The molecule has 0 radical (unpaired) electrons. The fourth-order valence-corrected chi connectivity index (χ4v) is 6.12. The molecule has 1 amide bonds. The molecule has 2 saturated heterocycles. The monoisotopic (exact) mass is 457 g/mol. The van der Waals surface area contributed by atoms with Gasteiger partial charge < -0.3 is 10.1 Å². The van der Waals surface area contributed by atoms with E-state index in [1.807, 2.05) is 12.1 Å². The van der Waals surface area contributed by atoms with Crippen LogP contribution < -0.4 is 10.2 Å². The number of ether oxygens (including phenoxy) is 1. The third-order valence-electron chi connectivity index (χ3n) is 7.86. The van der Waals surface area contributed by atoms with E-state index in [0.29, 0.717) is 41.6 Å². The molecule has 5 heterocycles. The van der Waals surface area contributed by atoms with E-state index in [-0.39, 0.29) is 6.04 Å². The van der Waals surface area contributed by atoms with Crippen molar-refractivity contribution in [2.24, 2.45) is 11.8 Å². The lowest BCUT2D eigenvalue weighted by molar-refractivity contribution is 0.117. The van der Waals surface area contributed by atoms with Crippen LogP contribution in [0.2, 0.25) is 0 Å². The number of rotatable bonds is 4. The van der Waals surface area contributed by atoms with Gasteiger partial charge in [0.1, 0.15) is 17.3 Å². The second-order valence-electron chi connectivity index (χ2n) is 9.43. The standard InChI is InChI=1S/C24H20FN7O2/c25-18-7-19-14(6-20-21(34-23(33)32(19)20)11-31-4-3-29-30-31)5-15(18)13-1-2-22(28-8-13)24(12-26)16-9-27-10-17(16)24/h1-5,7-8,16-17,20-21,27H,6,9-11H2/t16?,17?,20-,21-,24?/m0/s1. The van der Waals surface area contributed by atoms with Gasteiger partial charge in [0.15, 0.2) is 0 Å². The van der Waals surface area contributed by atoms with E-state index < -0.39 is 23.4 Å². The predicted octanol–water partition coefficient (Wildman–Crippen LogP) is 2.04. The number of hydrogen-bond acceptors (Lipinski definition) is 7. The third-order valence-corrected chi connectivity index (χ3v) is 7.86. The van der Waals surface area contributed by atoms with Crippen molar-refractivity contribution < 1.29 is 13.9 Å². The van der Waals surface area contributed by atoms with Crippen LogP contribution in [-0.2, 0) is 23.1 Å². The van der Waals surface area contributed by atoms with E-state index in [0.717, 1.165) is 24.3 Å². The molecule has 3 aromatic rings. The molecule has 1 N–H and O–H groups in total. The van der Waals surface area contributed by atoms with E-state index in [9.17, 15) is 10.1 Å². The molecule has 1 aliphatic carbocycles. The lowest BCUT2D eigenvalue weighted by Crippen LogP contribution is -2.35. The highest BCUT2D eigenvalue weighted by molar-refractivity contribution is 5.94. The maximum absolute atomic E-state index is 15.2. The number of piperidine rings is 1. The van der Waals surface area contributed by atoms with Gasteiger partial charge in [0.05, 0.1) is 36.2 Å². The Bertz CT molecular complexity index is 1340. The van der Waals surface area contributed by atoms with E-state index in [4.69, 9.17) is 4.74 Å². The lowest BCUT2D eigenvalue weighted by atomic mass is 9.95. The minimum Gasteiger partial charge on any atom is -0.442 e. The summed E-state index contributed by atoms with van der Waals surface area (Å²) in [5.74, 6) is 0.168. The van der Waals surface area contributed by atoms with Gasteiger partial charge >= 0.3 is 6.09 Å². The molecule has 0 spiro atoms. The fraction of sp³-hybridized carbons (Fsp3) is 0.375. The van der Waals surface area contributed by atoms with E-state index >= 15 is 4.39 Å². The van der Waals surface area contributed by atoms with E-state index in [1.165, 1.54) is 6.07 Å². The number of nitrogens with zero attached hydrogens (tertiary/aromatic N) is 6. The summed E-state index contributed by atoms with van der Waals surface area (Å²) < 4.78 is 22.4. The molecule has 3 fully saturated rings. The molecule has 170 valence electrons. The van der Waals surface area contributed by atoms with Crippen LogP contribution in [0.5, 0.6) is 0 Å². The summed E-state index contributed by atoms with van der Waals surface area (Å²) in [6.45, 7) is 2.05. The SMILES string of the molecule is N#CC1(c2ccc(-c3cc4c(cc3F)N3C(=O)O[C@@H](Cn5ccnn5)[C@@H]3C4)cn2)C2CNCC21. The zero-order valence-corrected chi connectivity index (χ0v) is 18.1. The summed E-state index contributed by atoms with van der Waals surface area (Å²) in [7, 11) is 0. The number of nitriles is 1. The first kappa shape index (κ1) is 19.6. The van der Waals surface area contributed by atoms with Crippen LogP contribution in [0.3, 0.4) is 0 Å². The molecule has 2 unspecified atom stereocenters. The Labute approximate surface area is 194 Å². The number of hydrogen-bond donors (Lipinski definition) is 1. The number of carbonyl (C=O) groups excluding carboxylic acids is 1. The zero-order valence-electron chi connectivity index (χ0n) is 18.1. The van der Waals surface area contributed by atoms with Gasteiger partial charge in [-0.1, -0.05) is 11.3 Å². The highest BCUT2D eigenvalue weighted by atomic mass is 19.1. The topological polar surface area (TPSA) is 109 Å². The second-order valence-corrected chi connectivity index (χ2v) is 9.43. The normalized spacial score (nSPS) is 30.5. The zero-order chi connectivity index (χ0) is 23.0. The summed E-state index contributed by atoms with van der Waals surface area (Å²) in [5, 5.41) is 20.9. The molecule has 3 aliphatic heterocycles. The molecular weight excluding hydrogens is 437 g/mol. The summed E-state index contributed by atoms with van der Waals surface area (Å²) >= 11 is 0. The maximum atomic E-state index is 15.2. The summed E-state index contributed by atoms with van der Waals surface area (Å²) in [6, 6.07) is 9.17. The van der Waals surface area contributed by atoms with Crippen molar-refractivity contribution in [3.8, 4) is 17.2 Å². The van der Waals surface area contributed by atoms with Gasteiger partial charge in [0.2, 0.25) is 0 Å². The van der Waals surface area contributed by atoms with Gasteiger partial charge in [-0.15, -0.1) is 5.10 Å². The predicted molar refractivity (Wildman–Crippen MR) is 117 cm³/mol. The minimum absolute atomic E-state index is 0.222. The van der Waals surface area contributed by atoms with Crippen molar-refractivity contribution in [3.63, 3.8) is 0 Å². The van der Waals surface area contributed by atoms with Gasteiger partial charge in [-0.25, -0.2) is 13.9 Å². The van der Waals surface area contributed by atoms with Gasteiger partial charge in [-0.2, -0.15) is 5.26 Å². The van der Waals surface area contributed by atoms with E-state index in [2.05, 4.69) is 26.7 Å². The highest BCUT2D eigenvalue weighted by Crippen LogP contribution is 2.60. The molecule has 7 rings (SSSR count). The molecular formula is C24H20FN7O2. The summed E-state index contributed by atoms with van der Waals surface area (Å²) in [6.07, 6.45) is 4.63. The Hall–Kier alpha value is -3.84. The first-order valence-corrected chi connectivity index (χ1v) is 11.4. The molecule has 0 bridgehead atoms. The Kier molecular flexibility index (Phi) is 3.94. The van der Waals surface area contributed by atoms with E-state index in [1.54, 1.807) is 34.2 Å². The Morgan fingerprint density at radius 3 is 2.85 bits per heavy atom. The van der Waals surface area contributed by atoms with Crippen molar-refractivity contribution in [1.29, 1.82) is 5.26 Å². The van der Waals surface area contributed by atoms with Crippen LogP contribution >= 0.6 is 0 Å². The van der Waals surface area contributed by atoms with Crippen LogP contribution in [-0.4, -0.2) is 51.3 Å². The average molecular weight is 457 g/mol. The molecule has 4 atom stereocenters. The third kappa shape index (κ3) is 2.56. The Balaban J connectivity index is 1.18. The molecule has 9 nitrogen and oxygen atoms in total. The number of cyclic esters (lactones) is 1. The van der Waals surface area contributed by atoms with Crippen molar-refractivity contribution in [3.05, 3.63) is 59.9 Å². The van der Waals surface area contributed by atoms with Crippen LogP contribution in [0.25, 0.3) is 11.1 Å². The first-order chi connectivity index (χ1) is 16.6. The molecule has 1 saturated carbocycles. The van der Waals surface area contributed by atoms with Gasteiger partial charge in [0, 0.05) is 48.4 Å². The van der Waals surface area contributed by atoms with Gasteiger partial charge in [-0.3, -0.25) is 9.88 Å². The number of pyridine rings is 1. The van der Waals surface area contributed by atoms with Gasteiger partial charge in [0.25, 0.3) is 0 Å². The molecule has 34 heavy (non-hydrogen) atoms. The number of aromatic nitrogens is 4. The first-order valence-electron chi connectivity index (χ1n) is 11.4. The number of anilines is 1. The highest BCUT2D eigenvalue weighted by Gasteiger charge is 2.69. The largest absolute Gasteiger partial charge is 0.442 e. The number of halogens is 1. The lowest BCUT2D eigenvalue weighted by Gasteiger charge is -2.16. The fourth-order valence-electron chi connectivity index (χ4n) is 6.12. The summed E-state index contributed by atoms with van der Waals surface area (Å²) in [5.41, 5.74) is 2.75. The van der Waals surface area contributed by atoms with Crippen LogP contribution in [0.1, 0.15) is 11.3 Å². The van der Waals surface area contributed by atoms with Crippen molar-refractivity contribution in [1.82, 2.24) is 25.3 Å². The minimum atomic E-state index is -0.523. The summed E-state index contributed by atoms with van der Waals surface area (Å²) in [4.78, 5) is 18.7. The number of carbonyl (C=O) groups is 1. The Morgan fingerprint density at radius 1 is 1.29 bits per heavy atom. The number of amides is 1. The van der Waals surface area contributed by atoms with Crippen molar-refractivity contribution in [2.45, 2.75) is 30.5 Å². The smallest absolute Gasteiger partial charge is 0.415 e. The van der Waals surface area contributed by atoms with Crippen LogP contribution in [0, 0.1) is 29.0 Å². The number of benzene rings is 1.